The van der Waals surface area contributed by atoms with Crippen LogP contribution >= 0.6 is 0 Å². The van der Waals surface area contributed by atoms with Crippen molar-refractivity contribution in [3.63, 3.8) is 0 Å². The van der Waals surface area contributed by atoms with Crippen molar-refractivity contribution in [2.45, 2.75) is 12.0 Å². The Hall–Kier alpha value is -2.87. The second-order valence-corrected chi connectivity index (χ2v) is 7.11. The van der Waals surface area contributed by atoms with Gasteiger partial charge >= 0.3 is 0 Å². The van der Waals surface area contributed by atoms with Gasteiger partial charge in [0.05, 0.1) is 18.3 Å². The van der Waals surface area contributed by atoms with E-state index in [2.05, 4.69) is 9.97 Å². The summed E-state index contributed by atoms with van der Waals surface area (Å²) in [5.74, 6) is -0.617. The molecule has 0 aliphatic carbocycles. The predicted molar refractivity (Wildman–Crippen MR) is 96.7 cm³/mol. The van der Waals surface area contributed by atoms with Gasteiger partial charge in [0.1, 0.15) is 11.5 Å². The molecule has 1 aromatic heterocycles. The molecule has 1 spiro atoms. The number of amides is 2. The summed E-state index contributed by atoms with van der Waals surface area (Å²) >= 11 is 0. The number of hydrogen-bond acceptors (Lipinski definition) is 5. The van der Waals surface area contributed by atoms with E-state index >= 15 is 0 Å². The summed E-state index contributed by atoms with van der Waals surface area (Å²) in [6, 6.07) is 6.06. The highest BCUT2D eigenvalue weighted by Crippen LogP contribution is 2.34. The molecule has 3 heterocycles. The SMILES string of the molecule is CN1CC(=O)N(c2cccc(F)c2)C[C@]12CCN(C(=O)c1cnccn1)C2. The number of aromatic nitrogens is 2. The van der Waals surface area contributed by atoms with E-state index in [1.807, 2.05) is 11.9 Å². The number of carbonyl (C=O) groups excluding carboxylic acids is 2. The Bertz CT molecular complexity index is 877. The van der Waals surface area contributed by atoms with E-state index in [-0.39, 0.29) is 29.7 Å². The van der Waals surface area contributed by atoms with Crippen molar-refractivity contribution in [2.24, 2.45) is 0 Å². The topological polar surface area (TPSA) is 69.6 Å². The predicted octanol–water partition coefficient (Wildman–Crippen LogP) is 1.18. The van der Waals surface area contributed by atoms with Gasteiger partial charge in [-0.3, -0.25) is 19.5 Å². The zero-order chi connectivity index (χ0) is 19.0. The van der Waals surface area contributed by atoms with Crippen molar-refractivity contribution in [2.75, 3.05) is 38.1 Å². The molecule has 2 saturated heterocycles. The Morgan fingerprint density at radius 1 is 1.26 bits per heavy atom. The van der Waals surface area contributed by atoms with Crippen molar-refractivity contribution in [1.29, 1.82) is 0 Å². The molecule has 2 fully saturated rings. The van der Waals surface area contributed by atoms with Crippen LogP contribution in [0.25, 0.3) is 0 Å². The monoisotopic (exact) mass is 369 g/mol. The maximum atomic E-state index is 13.6. The quantitative estimate of drug-likeness (QED) is 0.795. The number of carbonyl (C=O) groups is 2. The number of hydrogen-bond donors (Lipinski definition) is 0. The summed E-state index contributed by atoms with van der Waals surface area (Å²) in [6.45, 7) is 1.70. The minimum absolute atomic E-state index is 0.0765. The Balaban J connectivity index is 1.57. The van der Waals surface area contributed by atoms with Gasteiger partial charge in [-0.15, -0.1) is 0 Å². The molecule has 0 saturated carbocycles. The van der Waals surface area contributed by atoms with Crippen LogP contribution in [0.2, 0.25) is 0 Å². The molecule has 0 radical (unpaired) electrons. The fourth-order valence-corrected chi connectivity index (χ4v) is 3.88. The number of likely N-dealkylation sites (N-methyl/N-ethyl adjacent to an activating group) is 1. The molecular weight excluding hydrogens is 349 g/mol. The van der Waals surface area contributed by atoms with Gasteiger partial charge < -0.3 is 9.80 Å². The van der Waals surface area contributed by atoms with Crippen molar-refractivity contribution in [3.8, 4) is 0 Å². The Morgan fingerprint density at radius 2 is 2.11 bits per heavy atom. The van der Waals surface area contributed by atoms with Crippen molar-refractivity contribution in [3.05, 3.63) is 54.4 Å². The van der Waals surface area contributed by atoms with E-state index in [0.29, 0.717) is 31.0 Å². The van der Waals surface area contributed by atoms with Crippen LogP contribution < -0.4 is 4.90 Å². The third-order valence-electron chi connectivity index (χ3n) is 5.46. The Morgan fingerprint density at radius 3 is 2.85 bits per heavy atom. The molecule has 0 N–H and O–H groups in total. The number of anilines is 1. The van der Waals surface area contributed by atoms with E-state index in [1.54, 1.807) is 21.9 Å². The van der Waals surface area contributed by atoms with Crippen molar-refractivity contribution < 1.29 is 14.0 Å². The van der Waals surface area contributed by atoms with Gasteiger partial charge in [0.25, 0.3) is 5.91 Å². The molecule has 2 aliphatic heterocycles. The molecule has 4 rings (SSSR count). The van der Waals surface area contributed by atoms with Crippen LogP contribution in [0, 0.1) is 5.82 Å². The number of nitrogens with zero attached hydrogens (tertiary/aromatic N) is 5. The smallest absolute Gasteiger partial charge is 0.274 e. The molecule has 1 aromatic carbocycles. The minimum Gasteiger partial charge on any atom is -0.335 e. The van der Waals surface area contributed by atoms with Crippen molar-refractivity contribution >= 4 is 17.5 Å². The summed E-state index contributed by atoms with van der Waals surface area (Å²) in [5, 5.41) is 0. The first kappa shape index (κ1) is 17.5. The molecule has 7 nitrogen and oxygen atoms in total. The molecule has 27 heavy (non-hydrogen) atoms. The number of likely N-dealkylation sites (tertiary alicyclic amines) is 1. The zero-order valence-electron chi connectivity index (χ0n) is 15.0. The lowest BCUT2D eigenvalue weighted by molar-refractivity contribution is -0.123. The first-order valence-corrected chi connectivity index (χ1v) is 8.81. The van der Waals surface area contributed by atoms with Crippen LogP contribution in [-0.2, 0) is 4.79 Å². The molecule has 2 aliphatic rings. The highest BCUT2D eigenvalue weighted by molar-refractivity contribution is 5.96. The van der Waals surface area contributed by atoms with E-state index in [0.717, 1.165) is 6.42 Å². The van der Waals surface area contributed by atoms with Gasteiger partial charge in [-0.25, -0.2) is 9.37 Å². The standard InChI is InChI=1S/C19H20FN5O2/c1-23-11-17(26)25(15-4-2-3-14(20)9-15)13-19(23)5-8-24(12-19)18(27)16-10-21-6-7-22-16/h2-4,6-7,9-10H,5,8,11-13H2,1H3/t19-/m1/s1. The lowest BCUT2D eigenvalue weighted by Gasteiger charge is -2.46. The molecule has 1 atom stereocenters. The van der Waals surface area contributed by atoms with Crippen molar-refractivity contribution in [1.82, 2.24) is 19.8 Å². The van der Waals surface area contributed by atoms with Crippen LogP contribution in [0.5, 0.6) is 0 Å². The maximum Gasteiger partial charge on any atom is 0.274 e. The second-order valence-electron chi connectivity index (χ2n) is 7.11. The van der Waals surface area contributed by atoms with Crippen LogP contribution in [0.3, 0.4) is 0 Å². The molecular formula is C19H20FN5O2. The Labute approximate surface area is 156 Å². The molecule has 0 unspecified atom stereocenters. The number of rotatable bonds is 2. The molecule has 2 amide bonds. The van der Waals surface area contributed by atoms with Crippen LogP contribution in [0.1, 0.15) is 16.9 Å². The van der Waals surface area contributed by atoms with Gasteiger partial charge in [0.2, 0.25) is 5.91 Å². The van der Waals surface area contributed by atoms with Gasteiger partial charge in [-0.2, -0.15) is 0 Å². The Kier molecular flexibility index (Phi) is 4.35. The highest BCUT2D eigenvalue weighted by atomic mass is 19.1. The van der Waals surface area contributed by atoms with E-state index in [1.165, 1.54) is 30.7 Å². The molecule has 8 heteroatoms. The van der Waals surface area contributed by atoms with Gasteiger partial charge in [-0.05, 0) is 31.7 Å². The molecule has 2 aromatic rings. The third kappa shape index (κ3) is 3.16. The summed E-state index contributed by atoms with van der Waals surface area (Å²) in [5.41, 5.74) is 0.496. The minimum atomic E-state index is -0.376. The van der Waals surface area contributed by atoms with Gasteiger partial charge in [0, 0.05) is 37.7 Å². The number of halogens is 1. The molecule has 140 valence electrons. The third-order valence-corrected chi connectivity index (χ3v) is 5.46. The first-order valence-electron chi connectivity index (χ1n) is 8.81. The summed E-state index contributed by atoms with van der Waals surface area (Å²) in [6.07, 6.45) is 5.21. The largest absolute Gasteiger partial charge is 0.335 e. The average Bonchev–Trinajstić information content (AvgIpc) is 3.10. The average molecular weight is 369 g/mol. The zero-order valence-corrected chi connectivity index (χ0v) is 15.0. The summed E-state index contributed by atoms with van der Waals surface area (Å²) < 4.78 is 13.6. The number of benzene rings is 1. The summed E-state index contributed by atoms with van der Waals surface area (Å²) in [7, 11) is 1.90. The fourth-order valence-electron chi connectivity index (χ4n) is 3.88. The van der Waals surface area contributed by atoms with E-state index in [4.69, 9.17) is 0 Å². The van der Waals surface area contributed by atoms with Gasteiger partial charge in [0.15, 0.2) is 0 Å². The summed E-state index contributed by atoms with van der Waals surface area (Å²) in [4.78, 5) is 38.7. The highest BCUT2D eigenvalue weighted by Gasteiger charge is 2.48. The van der Waals surface area contributed by atoms with Crippen LogP contribution in [0.4, 0.5) is 10.1 Å². The van der Waals surface area contributed by atoms with E-state index < -0.39 is 0 Å². The van der Waals surface area contributed by atoms with Gasteiger partial charge in [-0.1, -0.05) is 6.07 Å². The van der Waals surface area contributed by atoms with E-state index in [9.17, 15) is 14.0 Å². The molecule has 0 bridgehead atoms. The van der Waals surface area contributed by atoms with Crippen LogP contribution in [0.15, 0.2) is 42.9 Å². The maximum absolute atomic E-state index is 13.6. The fraction of sp³-hybridized carbons (Fsp3) is 0.368. The lowest BCUT2D eigenvalue weighted by atomic mass is 9.92. The van der Waals surface area contributed by atoms with Crippen LogP contribution in [-0.4, -0.2) is 70.3 Å². The number of piperazine rings is 1. The normalized spacial score (nSPS) is 23.3. The lowest BCUT2D eigenvalue weighted by Crippen LogP contribution is -2.64. The first-order chi connectivity index (χ1) is 13.0. The second kappa shape index (κ2) is 6.70.